The molecule has 2 fully saturated rings. The average Bonchev–Trinajstić information content (AvgIpc) is 3.02. The van der Waals surface area contributed by atoms with Gasteiger partial charge in [-0.15, -0.1) is 0 Å². The number of carbonyl (C=O) groups excluding carboxylic acids is 1. The maximum Gasteiger partial charge on any atom is 0.245 e. The van der Waals surface area contributed by atoms with E-state index in [1.165, 1.54) is 18.5 Å². The van der Waals surface area contributed by atoms with Gasteiger partial charge in [-0.3, -0.25) is 4.79 Å². The van der Waals surface area contributed by atoms with Gasteiger partial charge in [-0.05, 0) is 43.2 Å². The first-order chi connectivity index (χ1) is 21.4. The van der Waals surface area contributed by atoms with Crippen molar-refractivity contribution in [2.24, 2.45) is 0 Å². The number of hydrogen-bond acceptors (Lipinski definition) is 10. The van der Waals surface area contributed by atoms with Crippen molar-refractivity contribution >= 4 is 39.8 Å². The van der Waals surface area contributed by atoms with E-state index in [2.05, 4.69) is 37.1 Å². The number of anilines is 4. The SMILES string of the molecule is C=CC(=O)N1CCC(Nc2cc3c(Nc4ccc(Oc5ccnc(N6CC(OC)C6)c5)cc4F)ncnc3cc2OC)CC1. The summed E-state index contributed by atoms with van der Waals surface area (Å²) >= 11 is 0. The Labute approximate surface area is 254 Å². The maximum absolute atomic E-state index is 15.3. The summed E-state index contributed by atoms with van der Waals surface area (Å²) in [4.78, 5) is 29.1. The van der Waals surface area contributed by atoms with Crippen molar-refractivity contribution in [2.45, 2.75) is 25.0 Å². The molecule has 2 aliphatic heterocycles. The molecule has 2 aromatic heterocycles. The first-order valence-corrected chi connectivity index (χ1v) is 14.4. The van der Waals surface area contributed by atoms with E-state index in [1.54, 1.807) is 43.5 Å². The van der Waals surface area contributed by atoms with Gasteiger partial charge in [0.2, 0.25) is 5.91 Å². The second-order valence-electron chi connectivity index (χ2n) is 10.7. The van der Waals surface area contributed by atoms with Gasteiger partial charge in [0.15, 0.2) is 0 Å². The number of halogens is 1. The van der Waals surface area contributed by atoms with Gasteiger partial charge >= 0.3 is 0 Å². The summed E-state index contributed by atoms with van der Waals surface area (Å²) in [6.45, 7) is 6.39. The number of fused-ring (bicyclic) bond motifs is 1. The average molecular weight is 600 g/mol. The second kappa shape index (κ2) is 12.7. The molecule has 228 valence electrons. The quantitative estimate of drug-likeness (QED) is 0.238. The van der Waals surface area contributed by atoms with Crippen molar-refractivity contribution in [1.82, 2.24) is 19.9 Å². The highest BCUT2D eigenvalue weighted by Crippen LogP contribution is 2.35. The largest absolute Gasteiger partial charge is 0.495 e. The fraction of sp³-hybridized carbons (Fsp3) is 0.312. The number of nitrogens with zero attached hydrogens (tertiary/aromatic N) is 5. The standard InChI is InChI=1S/C32H34FN7O4/c1-4-31(41)39-11-8-20(9-12-39)37-28-15-24-27(16-29(28)43-3)35-19-36-32(24)38-26-6-5-21(13-25(26)33)44-22-7-10-34-30(14-22)40-17-23(18-40)42-2/h4-7,10,13-16,19-20,23,37H,1,8-9,11-12,17-18H2,2-3H3,(H,35,36,38). The Kier molecular flexibility index (Phi) is 8.42. The van der Waals surface area contributed by atoms with Crippen molar-refractivity contribution in [3.8, 4) is 17.2 Å². The number of piperidine rings is 1. The molecular weight excluding hydrogens is 565 g/mol. The number of nitrogens with one attached hydrogen (secondary N) is 2. The third-order valence-corrected chi connectivity index (χ3v) is 7.95. The summed E-state index contributed by atoms with van der Waals surface area (Å²) < 4.78 is 32.3. The van der Waals surface area contributed by atoms with Gasteiger partial charge in [0.05, 0.1) is 30.1 Å². The zero-order valence-electron chi connectivity index (χ0n) is 24.6. The van der Waals surface area contributed by atoms with E-state index < -0.39 is 5.82 Å². The minimum atomic E-state index is -0.498. The molecular formula is C32H34FN7O4. The molecule has 12 heteroatoms. The number of amides is 1. The smallest absolute Gasteiger partial charge is 0.245 e. The van der Waals surface area contributed by atoms with Crippen molar-refractivity contribution in [3.05, 3.63) is 73.5 Å². The Bertz CT molecular complexity index is 1670. The summed E-state index contributed by atoms with van der Waals surface area (Å²) in [5, 5.41) is 7.36. The summed E-state index contributed by atoms with van der Waals surface area (Å²) in [6, 6.07) is 12.1. The molecule has 2 saturated heterocycles. The van der Waals surface area contributed by atoms with E-state index in [9.17, 15) is 4.79 Å². The van der Waals surface area contributed by atoms with Crippen LogP contribution < -0.4 is 25.0 Å². The van der Waals surface area contributed by atoms with Gasteiger partial charge in [-0.1, -0.05) is 6.58 Å². The minimum absolute atomic E-state index is 0.0546. The second-order valence-corrected chi connectivity index (χ2v) is 10.7. The molecule has 2 N–H and O–H groups in total. The molecule has 2 aliphatic rings. The predicted octanol–water partition coefficient (Wildman–Crippen LogP) is 5.13. The third kappa shape index (κ3) is 6.20. The van der Waals surface area contributed by atoms with Crippen LogP contribution in [-0.2, 0) is 9.53 Å². The number of methoxy groups -OCH3 is 2. The van der Waals surface area contributed by atoms with Crippen LogP contribution >= 0.6 is 0 Å². The lowest BCUT2D eigenvalue weighted by Crippen LogP contribution is -2.52. The van der Waals surface area contributed by atoms with Gasteiger partial charge in [0.25, 0.3) is 0 Å². The molecule has 0 saturated carbocycles. The van der Waals surface area contributed by atoms with Gasteiger partial charge in [-0.25, -0.2) is 19.3 Å². The number of carbonyl (C=O) groups is 1. The zero-order chi connectivity index (χ0) is 30.6. The summed E-state index contributed by atoms with van der Waals surface area (Å²) in [5.74, 6) is 2.22. The zero-order valence-corrected chi connectivity index (χ0v) is 24.6. The summed E-state index contributed by atoms with van der Waals surface area (Å²) in [7, 11) is 3.30. The molecule has 0 unspecified atom stereocenters. The third-order valence-electron chi connectivity index (χ3n) is 7.95. The van der Waals surface area contributed by atoms with E-state index >= 15 is 4.39 Å². The van der Waals surface area contributed by atoms with E-state index in [0.717, 1.165) is 37.4 Å². The lowest BCUT2D eigenvalue weighted by molar-refractivity contribution is -0.126. The van der Waals surface area contributed by atoms with Crippen LogP contribution in [0.2, 0.25) is 0 Å². The Balaban J connectivity index is 1.17. The Morgan fingerprint density at radius 2 is 1.82 bits per heavy atom. The van der Waals surface area contributed by atoms with Gasteiger partial charge in [0.1, 0.15) is 41.0 Å². The maximum atomic E-state index is 15.3. The Morgan fingerprint density at radius 1 is 1.02 bits per heavy atom. The van der Waals surface area contributed by atoms with Crippen LogP contribution in [0.3, 0.4) is 0 Å². The minimum Gasteiger partial charge on any atom is -0.495 e. The van der Waals surface area contributed by atoms with Gasteiger partial charge in [-0.2, -0.15) is 0 Å². The van der Waals surface area contributed by atoms with Crippen LogP contribution in [0.1, 0.15) is 12.8 Å². The van der Waals surface area contributed by atoms with Crippen molar-refractivity contribution in [1.29, 1.82) is 0 Å². The summed E-state index contributed by atoms with van der Waals surface area (Å²) in [6.07, 6.45) is 6.20. The molecule has 6 rings (SSSR count). The Hall–Kier alpha value is -4.97. The normalized spacial score (nSPS) is 15.5. The molecule has 0 bridgehead atoms. The summed E-state index contributed by atoms with van der Waals surface area (Å²) in [5.41, 5.74) is 1.65. The molecule has 0 radical (unpaired) electrons. The number of rotatable bonds is 10. The lowest BCUT2D eigenvalue weighted by atomic mass is 10.0. The van der Waals surface area contributed by atoms with E-state index in [0.29, 0.717) is 47.1 Å². The van der Waals surface area contributed by atoms with Crippen LogP contribution in [0, 0.1) is 5.82 Å². The highest BCUT2D eigenvalue weighted by molar-refractivity contribution is 5.95. The number of ether oxygens (including phenoxy) is 3. The fourth-order valence-corrected chi connectivity index (χ4v) is 5.39. The molecule has 1 amide bonds. The first kappa shape index (κ1) is 29.1. The number of likely N-dealkylation sites (tertiary alicyclic amines) is 1. The van der Waals surface area contributed by atoms with Crippen LogP contribution in [0.5, 0.6) is 17.2 Å². The number of hydrogen-bond donors (Lipinski definition) is 2. The number of pyridine rings is 1. The molecule has 0 atom stereocenters. The number of aromatic nitrogens is 3. The molecule has 11 nitrogen and oxygen atoms in total. The van der Waals surface area contributed by atoms with Crippen LogP contribution in [0.25, 0.3) is 10.9 Å². The molecule has 44 heavy (non-hydrogen) atoms. The van der Waals surface area contributed by atoms with E-state index in [4.69, 9.17) is 14.2 Å². The molecule has 0 aliphatic carbocycles. The van der Waals surface area contributed by atoms with Gasteiger partial charge < -0.3 is 34.6 Å². The van der Waals surface area contributed by atoms with Gasteiger partial charge in [0, 0.05) is 69.1 Å². The van der Waals surface area contributed by atoms with Crippen molar-refractivity contribution in [2.75, 3.05) is 55.9 Å². The molecule has 0 spiro atoms. The van der Waals surface area contributed by atoms with Crippen LogP contribution in [0.4, 0.5) is 27.4 Å². The Morgan fingerprint density at radius 3 is 2.55 bits per heavy atom. The van der Waals surface area contributed by atoms with Crippen molar-refractivity contribution < 1.29 is 23.4 Å². The van der Waals surface area contributed by atoms with E-state index in [1.807, 2.05) is 18.2 Å². The highest BCUT2D eigenvalue weighted by Gasteiger charge is 2.27. The molecule has 4 heterocycles. The lowest BCUT2D eigenvalue weighted by Gasteiger charge is -2.39. The molecule has 4 aromatic rings. The van der Waals surface area contributed by atoms with Crippen LogP contribution in [0.15, 0.2) is 67.6 Å². The number of benzene rings is 2. The highest BCUT2D eigenvalue weighted by atomic mass is 19.1. The van der Waals surface area contributed by atoms with E-state index in [-0.39, 0.29) is 23.7 Å². The predicted molar refractivity (Wildman–Crippen MR) is 167 cm³/mol. The first-order valence-electron chi connectivity index (χ1n) is 14.4. The topological polar surface area (TPSA) is 114 Å². The van der Waals surface area contributed by atoms with Crippen LogP contribution in [-0.4, -0.2) is 78.3 Å². The molecule has 2 aromatic carbocycles. The fourth-order valence-electron chi connectivity index (χ4n) is 5.39. The monoisotopic (exact) mass is 599 g/mol. The van der Waals surface area contributed by atoms with Crippen molar-refractivity contribution in [3.63, 3.8) is 0 Å².